The Bertz CT molecular complexity index is 654. The minimum atomic E-state index is -0.596. The van der Waals surface area contributed by atoms with Gasteiger partial charge in [-0.15, -0.1) is 0 Å². The van der Waals surface area contributed by atoms with Gasteiger partial charge in [-0.3, -0.25) is 14.9 Å². The van der Waals surface area contributed by atoms with Crippen LogP contribution in [0.5, 0.6) is 0 Å². The van der Waals surface area contributed by atoms with Crippen molar-refractivity contribution in [3.05, 3.63) is 23.4 Å². The molecule has 0 radical (unpaired) electrons. The van der Waals surface area contributed by atoms with Crippen LogP contribution in [0.25, 0.3) is 0 Å². The molecule has 2 rings (SSSR count). The van der Waals surface area contributed by atoms with Gasteiger partial charge in [0.15, 0.2) is 0 Å². The quantitative estimate of drug-likeness (QED) is 0.898. The molecular weight excluding hydrogens is 310 g/mol. The Morgan fingerprint density at radius 2 is 1.83 bits per heavy atom. The largest absolute Gasteiger partial charge is 0.444 e. The summed E-state index contributed by atoms with van der Waals surface area (Å²) in [6.45, 7) is 7.91. The van der Waals surface area contributed by atoms with E-state index >= 15 is 0 Å². The lowest BCUT2D eigenvalue weighted by Gasteiger charge is -2.26. The first-order valence-electron chi connectivity index (χ1n) is 7.94. The fourth-order valence-electron chi connectivity index (χ4n) is 2.39. The highest BCUT2D eigenvalue weighted by Crippen LogP contribution is 2.17. The standard InChI is InChI=1S/C17H23N3O4/c1-11-13(15(22)20-9-7-12(21)8-10-20)5-6-14(18-11)19-16(23)24-17(2,3)4/h5-6H,7-10H2,1-4H3,(H,18,19,23). The molecule has 24 heavy (non-hydrogen) atoms. The van der Waals surface area contributed by atoms with Gasteiger partial charge in [0.05, 0.1) is 11.3 Å². The van der Waals surface area contributed by atoms with Crippen LogP contribution in [0.3, 0.4) is 0 Å². The molecule has 1 aromatic rings. The van der Waals surface area contributed by atoms with Gasteiger partial charge in [0.25, 0.3) is 5.91 Å². The molecule has 1 aliphatic heterocycles. The molecule has 1 saturated heterocycles. The number of pyridine rings is 1. The number of aromatic nitrogens is 1. The molecule has 1 aromatic heterocycles. The molecule has 0 aliphatic carbocycles. The van der Waals surface area contributed by atoms with Gasteiger partial charge in [-0.2, -0.15) is 0 Å². The molecule has 0 saturated carbocycles. The van der Waals surface area contributed by atoms with Crippen LogP contribution < -0.4 is 5.32 Å². The minimum Gasteiger partial charge on any atom is -0.444 e. The summed E-state index contributed by atoms with van der Waals surface area (Å²) in [5.74, 6) is 0.370. The predicted octanol–water partition coefficient (Wildman–Crippen LogP) is 2.54. The van der Waals surface area contributed by atoms with Gasteiger partial charge in [-0.05, 0) is 39.8 Å². The van der Waals surface area contributed by atoms with Gasteiger partial charge < -0.3 is 9.64 Å². The third-order valence-electron chi connectivity index (χ3n) is 3.55. The summed E-state index contributed by atoms with van der Waals surface area (Å²) >= 11 is 0. The minimum absolute atomic E-state index is 0.142. The van der Waals surface area contributed by atoms with E-state index in [1.165, 1.54) is 0 Å². The van der Waals surface area contributed by atoms with Gasteiger partial charge in [0, 0.05) is 25.9 Å². The van der Waals surface area contributed by atoms with Crippen molar-refractivity contribution in [3.63, 3.8) is 0 Å². The molecule has 7 nitrogen and oxygen atoms in total. The summed E-state index contributed by atoms with van der Waals surface area (Å²) in [5.41, 5.74) is 0.394. The average Bonchev–Trinajstić information content (AvgIpc) is 2.45. The number of ether oxygens (including phenoxy) is 1. The van der Waals surface area contributed by atoms with Crippen LogP contribution in [-0.4, -0.2) is 46.4 Å². The Hall–Kier alpha value is -2.44. The summed E-state index contributed by atoms with van der Waals surface area (Å²) in [5, 5.41) is 2.55. The van der Waals surface area contributed by atoms with Gasteiger partial charge in [0.2, 0.25) is 0 Å². The van der Waals surface area contributed by atoms with E-state index in [1.54, 1.807) is 44.7 Å². The number of piperidine rings is 1. The van der Waals surface area contributed by atoms with E-state index < -0.39 is 11.7 Å². The maximum Gasteiger partial charge on any atom is 0.413 e. The molecule has 0 bridgehead atoms. The van der Waals surface area contributed by atoms with Crippen molar-refractivity contribution < 1.29 is 19.1 Å². The number of aryl methyl sites for hydroxylation is 1. The summed E-state index contributed by atoms with van der Waals surface area (Å²) < 4.78 is 5.17. The van der Waals surface area contributed by atoms with Crippen molar-refractivity contribution >= 4 is 23.6 Å². The number of hydrogen-bond acceptors (Lipinski definition) is 5. The van der Waals surface area contributed by atoms with Crippen LogP contribution in [0, 0.1) is 6.92 Å². The second-order valence-electron chi connectivity index (χ2n) is 6.79. The number of anilines is 1. The smallest absolute Gasteiger partial charge is 0.413 e. The van der Waals surface area contributed by atoms with E-state index in [-0.39, 0.29) is 11.7 Å². The number of amides is 2. The summed E-state index contributed by atoms with van der Waals surface area (Å²) in [7, 11) is 0. The van der Waals surface area contributed by atoms with E-state index in [2.05, 4.69) is 10.3 Å². The van der Waals surface area contributed by atoms with E-state index in [1.807, 2.05) is 0 Å². The van der Waals surface area contributed by atoms with Gasteiger partial charge in [0.1, 0.15) is 17.2 Å². The van der Waals surface area contributed by atoms with Gasteiger partial charge in [-0.1, -0.05) is 0 Å². The fraction of sp³-hybridized carbons (Fsp3) is 0.529. The first-order valence-corrected chi connectivity index (χ1v) is 7.94. The highest BCUT2D eigenvalue weighted by atomic mass is 16.6. The van der Waals surface area contributed by atoms with Crippen LogP contribution in [0.4, 0.5) is 10.6 Å². The highest BCUT2D eigenvalue weighted by Gasteiger charge is 2.24. The molecule has 2 heterocycles. The molecule has 0 aromatic carbocycles. The van der Waals surface area contributed by atoms with E-state index in [0.29, 0.717) is 43.0 Å². The van der Waals surface area contributed by atoms with E-state index in [0.717, 1.165) is 0 Å². The number of rotatable bonds is 2. The molecule has 1 fully saturated rings. The fourth-order valence-corrected chi connectivity index (χ4v) is 2.39. The Kier molecular flexibility index (Phi) is 5.21. The van der Waals surface area contributed by atoms with Crippen LogP contribution in [0.15, 0.2) is 12.1 Å². The highest BCUT2D eigenvalue weighted by molar-refractivity contribution is 5.96. The summed E-state index contributed by atoms with van der Waals surface area (Å²) in [4.78, 5) is 41.5. The second-order valence-corrected chi connectivity index (χ2v) is 6.79. The van der Waals surface area contributed by atoms with Crippen LogP contribution in [-0.2, 0) is 9.53 Å². The third kappa shape index (κ3) is 4.78. The number of Topliss-reactive ketones (excluding diaryl/α,β-unsaturated/α-hetero) is 1. The maximum absolute atomic E-state index is 12.5. The molecule has 1 N–H and O–H groups in total. The molecule has 0 atom stereocenters. The van der Waals surface area contributed by atoms with Crippen LogP contribution in [0.2, 0.25) is 0 Å². The lowest BCUT2D eigenvalue weighted by Crippen LogP contribution is -2.39. The van der Waals surface area contributed by atoms with E-state index in [4.69, 9.17) is 4.74 Å². The van der Waals surface area contributed by atoms with Crippen molar-refractivity contribution in [3.8, 4) is 0 Å². The van der Waals surface area contributed by atoms with Crippen molar-refractivity contribution in [2.45, 2.75) is 46.1 Å². The maximum atomic E-state index is 12.5. The first-order chi connectivity index (χ1) is 11.2. The Labute approximate surface area is 141 Å². The lowest BCUT2D eigenvalue weighted by atomic mass is 10.1. The topological polar surface area (TPSA) is 88.6 Å². The lowest BCUT2D eigenvalue weighted by molar-refractivity contribution is -0.120. The molecule has 7 heteroatoms. The molecule has 130 valence electrons. The van der Waals surface area contributed by atoms with Gasteiger partial charge in [-0.25, -0.2) is 9.78 Å². The second kappa shape index (κ2) is 6.98. The number of carbonyl (C=O) groups excluding carboxylic acids is 3. The van der Waals surface area contributed by atoms with Crippen molar-refractivity contribution in [1.82, 2.24) is 9.88 Å². The zero-order valence-electron chi connectivity index (χ0n) is 14.5. The van der Waals surface area contributed by atoms with Crippen molar-refractivity contribution in [1.29, 1.82) is 0 Å². The third-order valence-corrected chi connectivity index (χ3v) is 3.55. The Morgan fingerprint density at radius 3 is 2.38 bits per heavy atom. The van der Waals surface area contributed by atoms with Crippen LogP contribution >= 0.6 is 0 Å². The normalized spacial score (nSPS) is 15.2. The van der Waals surface area contributed by atoms with Crippen molar-refractivity contribution in [2.24, 2.45) is 0 Å². The zero-order valence-corrected chi connectivity index (χ0v) is 14.5. The average molecular weight is 333 g/mol. The molecule has 0 unspecified atom stereocenters. The molecule has 1 aliphatic rings. The Morgan fingerprint density at radius 1 is 1.21 bits per heavy atom. The first kappa shape index (κ1) is 17.9. The molecule has 0 spiro atoms. The molecular formula is C17H23N3O4. The number of nitrogens with one attached hydrogen (secondary N) is 1. The number of likely N-dealkylation sites (tertiary alicyclic amines) is 1. The number of ketones is 1. The van der Waals surface area contributed by atoms with Gasteiger partial charge >= 0.3 is 6.09 Å². The molecule has 2 amide bonds. The monoisotopic (exact) mass is 333 g/mol. The number of carbonyl (C=O) groups is 3. The van der Waals surface area contributed by atoms with Crippen molar-refractivity contribution in [2.75, 3.05) is 18.4 Å². The Balaban J connectivity index is 2.05. The zero-order chi connectivity index (χ0) is 17.9. The number of hydrogen-bond donors (Lipinski definition) is 1. The summed E-state index contributed by atoms with van der Waals surface area (Å²) in [6, 6.07) is 3.20. The summed E-state index contributed by atoms with van der Waals surface area (Å²) in [6.07, 6.45) is 0.204. The predicted molar refractivity (Wildman–Crippen MR) is 89.0 cm³/mol. The van der Waals surface area contributed by atoms with E-state index in [9.17, 15) is 14.4 Å². The van der Waals surface area contributed by atoms with Crippen LogP contribution in [0.1, 0.15) is 49.7 Å². The SMILES string of the molecule is Cc1nc(NC(=O)OC(C)(C)C)ccc1C(=O)N1CCC(=O)CC1. The number of nitrogens with zero attached hydrogens (tertiary/aromatic N) is 2.